The van der Waals surface area contributed by atoms with Crippen LogP contribution in [0, 0.1) is 5.82 Å². The fraction of sp³-hybridized carbons (Fsp3) is 0.400. The van der Waals surface area contributed by atoms with Gasteiger partial charge in [-0.3, -0.25) is 0 Å². The van der Waals surface area contributed by atoms with Gasteiger partial charge in [0.05, 0.1) is 10.6 Å². The first kappa shape index (κ1) is 17.4. The molecule has 8 heteroatoms. The molecule has 1 aromatic carbocycles. The summed E-state index contributed by atoms with van der Waals surface area (Å²) in [6.45, 7) is 0.147. The molecule has 0 aliphatic carbocycles. The van der Waals surface area contributed by atoms with Gasteiger partial charge in [0, 0.05) is 11.6 Å². The minimum absolute atomic E-state index is 0. The van der Waals surface area contributed by atoms with Crippen LogP contribution in [0.15, 0.2) is 12.1 Å². The molecule has 0 bridgehead atoms. The van der Waals surface area contributed by atoms with Crippen LogP contribution < -0.4 is 11.5 Å². The fourth-order valence-corrected chi connectivity index (χ4v) is 1.61. The van der Waals surface area contributed by atoms with E-state index in [4.69, 9.17) is 23.1 Å². The van der Waals surface area contributed by atoms with E-state index in [9.17, 15) is 17.6 Å². The van der Waals surface area contributed by atoms with Gasteiger partial charge in [-0.15, -0.1) is 12.4 Å². The zero-order valence-corrected chi connectivity index (χ0v) is 10.7. The van der Waals surface area contributed by atoms with E-state index < -0.39 is 28.6 Å². The van der Waals surface area contributed by atoms with Crippen molar-refractivity contribution in [1.29, 1.82) is 0 Å². The van der Waals surface area contributed by atoms with Crippen molar-refractivity contribution in [2.24, 2.45) is 11.5 Å². The van der Waals surface area contributed by atoms with Crippen LogP contribution in [-0.4, -0.2) is 6.54 Å². The summed E-state index contributed by atoms with van der Waals surface area (Å²) in [6, 6.07) is 0.302. The van der Waals surface area contributed by atoms with Gasteiger partial charge in [0.25, 0.3) is 0 Å². The average Bonchev–Trinajstić information content (AvgIpc) is 2.20. The Kier molecular flexibility index (Phi) is 6.36. The maximum atomic E-state index is 13.5. The summed E-state index contributed by atoms with van der Waals surface area (Å²) in [5.41, 5.74) is 9.47. The molecule has 18 heavy (non-hydrogen) atoms. The highest BCUT2D eigenvalue weighted by atomic mass is 35.5. The molecule has 1 atom stereocenters. The Morgan fingerprint density at radius 2 is 1.83 bits per heavy atom. The average molecular weight is 307 g/mol. The van der Waals surface area contributed by atoms with Crippen LogP contribution in [0.2, 0.25) is 5.02 Å². The van der Waals surface area contributed by atoms with Gasteiger partial charge in [0.1, 0.15) is 5.82 Å². The van der Waals surface area contributed by atoms with Crippen LogP contribution in [-0.2, 0) is 6.18 Å². The number of benzene rings is 1. The Bertz CT molecular complexity index is 410. The maximum Gasteiger partial charge on any atom is 0.416 e. The van der Waals surface area contributed by atoms with E-state index in [0.717, 1.165) is 0 Å². The molecule has 1 rings (SSSR count). The molecule has 0 saturated heterocycles. The van der Waals surface area contributed by atoms with E-state index in [1.807, 2.05) is 0 Å². The summed E-state index contributed by atoms with van der Waals surface area (Å²) >= 11 is 5.41. The lowest BCUT2D eigenvalue weighted by Gasteiger charge is -2.15. The van der Waals surface area contributed by atoms with E-state index in [0.29, 0.717) is 12.1 Å². The topological polar surface area (TPSA) is 52.0 Å². The monoisotopic (exact) mass is 306 g/mol. The zero-order chi connectivity index (χ0) is 13.2. The zero-order valence-electron chi connectivity index (χ0n) is 9.10. The second-order valence-corrected chi connectivity index (χ2v) is 3.95. The molecule has 1 aromatic rings. The first-order valence-electron chi connectivity index (χ1n) is 4.79. The molecule has 0 aliphatic heterocycles. The summed E-state index contributed by atoms with van der Waals surface area (Å²) in [6.07, 6.45) is -4.41. The van der Waals surface area contributed by atoms with Crippen molar-refractivity contribution >= 4 is 24.0 Å². The number of hydrogen-bond donors (Lipinski definition) is 2. The van der Waals surface area contributed by atoms with Crippen molar-refractivity contribution in [1.82, 2.24) is 0 Å². The Labute approximate surface area is 113 Å². The van der Waals surface area contributed by atoms with Crippen LogP contribution in [0.3, 0.4) is 0 Å². The van der Waals surface area contributed by atoms with Crippen molar-refractivity contribution in [3.63, 3.8) is 0 Å². The molecule has 4 N–H and O–H groups in total. The molecule has 0 radical (unpaired) electrons. The number of alkyl halides is 3. The maximum absolute atomic E-state index is 13.5. The number of halogens is 6. The third kappa shape index (κ3) is 3.98. The lowest BCUT2D eigenvalue weighted by molar-refractivity contribution is -0.137. The van der Waals surface area contributed by atoms with E-state index >= 15 is 0 Å². The van der Waals surface area contributed by atoms with E-state index in [1.54, 1.807) is 0 Å². The van der Waals surface area contributed by atoms with Crippen molar-refractivity contribution in [3.05, 3.63) is 34.1 Å². The third-order valence-corrected chi connectivity index (χ3v) is 2.54. The molecule has 0 aromatic heterocycles. The predicted molar refractivity (Wildman–Crippen MR) is 64.3 cm³/mol. The lowest BCUT2D eigenvalue weighted by Crippen LogP contribution is -2.18. The molecule has 0 aliphatic rings. The molecule has 0 heterocycles. The Hall–Kier alpha value is -0.560. The minimum Gasteiger partial charge on any atom is -0.330 e. The van der Waals surface area contributed by atoms with Gasteiger partial charge < -0.3 is 11.5 Å². The van der Waals surface area contributed by atoms with Gasteiger partial charge in [-0.2, -0.15) is 13.2 Å². The van der Waals surface area contributed by atoms with Crippen LogP contribution in [0.4, 0.5) is 17.6 Å². The minimum atomic E-state index is -4.59. The molecular weight excluding hydrogens is 295 g/mol. The SMILES string of the molecule is Cl.NCC[C@@H](N)c1cc(C(F)(F)F)cc(Cl)c1F. The van der Waals surface area contributed by atoms with E-state index in [-0.39, 0.29) is 30.9 Å². The summed E-state index contributed by atoms with van der Waals surface area (Å²) in [4.78, 5) is 0. The Morgan fingerprint density at radius 3 is 2.28 bits per heavy atom. The third-order valence-electron chi connectivity index (χ3n) is 2.26. The smallest absolute Gasteiger partial charge is 0.330 e. The fourth-order valence-electron chi connectivity index (χ4n) is 1.38. The quantitative estimate of drug-likeness (QED) is 0.842. The first-order chi connectivity index (χ1) is 7.77. The normalized spacial score (nSPS) is 13.1. The molecule has 2 nitrogen and oxygen atoms in total. The molecule has 104 valence electrons. The van der Waals surface area contributed by atoms with E-state index in [1.165, 1.54) is 0 Å². The van der Waals surface area contributed by atoms with Crippen LogP contribution in [0.25, 0.3) is 0 Å². The molecule has 0 saturated carbocycles. The Morgan fingerprint density at radius 1 is 1.28 bits per heavy atom. The van der Waals surface area contributed by atoms with Crippen LogP contribution in [0.5, 0.6) is 0 Å². The molecule has 0 fully saturated rings. The van der Waals surface area contributed by atoms with Crippen molar-refractivity contribution in [3.8, 4) is 0 Å². The highest BCUT2D eigenvalue weighted by Gasteiger charge is 2.32. The van der Waals surface area contributed by atoms with Crippen LogP contribution in [0.1, 0.15) is 23.6 Å². The summed E-state index contributed by atoms with van der Waals surface area (Å²) in [5.74, 6) is -0.930. The van der Waals surface area contributed by atoms with E-state index in [2.05, 4.69) is 0 Å². The predicted octanol–water partition coefficient (Wildman–Crippen LogP) is 3.27. The van der Waals surface area contributed by atoms with Gasteiger partial charge in [-0.25, -0.2) is 4.39 Å². The largest absolute Gasteiger partial charge is 0.416 e. The van der Waals surface area contributed by atoms with Crippen molar-refractivity contribution in [2.45, 2.75) is 18.6 Å². The van der Waals surface area contributed by atoms with Crippen molar-refractivity contribution in [2.75, 3.05) is 6.54 Å². The Balaban J connectivity index is 0.00000289. The lowest BCUT2D eigenvalue weighted by atomic mass is 10.0. The molecule has 0 amide bonds. The van der Waals surface area contributed by atoms with Gasteiger partial charge in [-0.05, 0) is 25.1 Å². The number of rotatable bonds is 3. The van der Waals surface area contributed by atoms with Crippen LogP contribution >= 0.6 is 24.0 Å². The summed E-state index contributed by atoms with van der Waals surface area (Å²) in [7, 11) is 0. The second-order valence-electron chi connectivity index (χ2n) is 3.54. The highest BCUT2D eigenvalue weighted by Crippen LogP contribution is 2.35. The van der Waals surface area contributed by atoms with Gasteiger partial charge in [0.15, 0.2) is 0 Å². The second kappa shape index (κ2) is 6.56. The first-order valence-corrected chi connectivity index (χ1v) is 5.17. The van der Waals surface area contributed by atoms with Gasteiger partial charge in [-0.1, -0.05) is 11.6 Å². The molecular formula is C10H12Cl2F4N2. The summed E-state index contributed by atoms with van der Waals surface area (Å²) < 4.78 is 51.0. The molecule has 0 unspecified atom stereocenters. The molecule has 0 spiro atoms. The summed E-state index contributed by atoms with van der Waals surface area (Å²) in [5, 5.41) is -0.595. The standard InChI is InChI=1S/C10H11ClF4N2.ClH/c11-7-4-5(10(13,14)15)3-6(9(7)12)8(17)1-2-16;/h3-4,8H,1-2,16-17H2;1H/t8-;/m1./s1. The highest BCUT2D eigenvalue weighted by molar-refractivity contribution is 6.30. The van der Waals surface area contributed by atoms with Gasteiger partial charge >= 0.3 is 6.18 Å². The van der Waals surface area contributed by atoms with Gasteiger partial charge in [0.2, 0.25) is 0 Å². The number of nitrogens with two attached hydrogens (primary N) is 2. The number of hydrogen-bond acceptors (Lipinski definition) is 2. The van der Waals surface area contributed by atoms with Crippen molar-refractivity contribution < 1.29 is 17.6 Å².